The molecular formula is C15H17N3O3. The number of pyridine rings is 1. The van der Waals surface area contributed by atoms with Crippen LogP contribution in [0.5, 0.6) is 11.5 Å². The molecule has 6 nitrogen and oxygen atoms in total. The number of nitrogens with zero attached hydrogens (tertiary/aromatic N) is 2. The van der Waals surface area contributed by atoms with E-state index in [0.29, 0.717) is 23.7 Å². The van der Waals surface area contributed by atoms with Crippen LogP contribution >= 0.6 is 0 Å². The van der Waals surface area contributed by atoms with Gasteiger partial charge in [0.2, 0.25) is 0 Å². The molecule has 0 bridgehead atoms. The second-order valence-corrected chi connectivity index (χ2v) is 4.51. The highest BCUT2D eigenvalue weighted by Gasteiger charge is 2.08. The van der Waals surface area contributed by atoms with Crippen molar-refractivity contribution in [3.63, 3.8) is 0 Å². The molecule has 2 rings (SSSR count). The summed E-state index contributed by atoms with van der Waals surface area (Å²) in [5, 5.41) is 11.6. The highest BCUT2D eigenvalue weighted by Crippen LogP contribution is 2.28. The Labute approximate surface area is 122 Å². The molecule has 0 spiro atoms. The van der Waals surface area contributed by atoms with Gasteiger partial charge in [0.25, 0.3) is 0 Å². The van der Waals surface area contributed by atoms with Gasteiger partial charge in [-0.3, -0.25) is 4.98 Å². The number of aromatic nitrogens is 1. The Kier molecular flexibility index (Phi) is 4.61. The third-order valence-electron chi connectivity index (χ3n) is 2.89. The summed E-state index contributed by atoms with van der Waals surface area (Å²) in [5.41, 5.74) is 8.14. The average Bonchev–Trinajstić information content (AvgIpc) is 2.52. The van der Waals surface area contributed by atoms with Gasteiger partial charge in [-0.05, 0) is 36.8 Å². The Morgan fingerprint density at radius 1 is 1.29 bits per heavy atom. The number of hydrogen-bond donors (Lipinski definition) is 2. The summed E-state index contributed by atoms with van der Waals surface area (Å²) in [6.45, 7) is 2.36. The monoisotopic (exact) mass is 287 g/mol. The van der Waals surface area contributed by atoms with E-state index in [0.717, 1.165) is 11.1 Å². The van der Waals surface area contributed by atoms with Gasteiger partial charge in [0.1, 0.15) is 6.61 Å². The number of methoxy groups -OCH3 is 1. The number of amidine groups is 1. The molecule has 21 heavy (non-hydrogen) atoms. The lowest BCUT2D eigenvalue weighted by molar-refractivity contribution is 0.284. The van der Waals surface area contributed by atoms with Gasteiger partial charge in [-0.15, -0.1) is 0 Å². The number of oxime groups is 1. The summed E-state index contributed by atoms with van der Waals surface area (Å²) >= 11 is 0. The van der Waals surface area contributed by atoms with Crippen LogP contribution in [0.25, 0.3) is 0 Å². The number of aryl methyl sites for hydroxylation is 1. The number of hydrogen-bond acceptors (Lipinski definition) is 5. The van der Waals surface area contributed by atoms with E-state index in [1.54, 1.807) is 30.6 Å². The summed E-state index contributed by atoms with van der Waals surface area (Å²) in [6.07, 6.45) is 3.54. The maximum Gasteiger partial charge on any atom is 0.170 e. The van der Waals surface area contributed by atoms with Gasteiger partial charge in [0.05, 0.1) is 7.11 Å². The molecule has 0 saturated carbocycles. The quantitative estimate of drug-likeness (QED) is 0.380. The topological polar surface area (TPSA) is 90.0 Å². The van der Waals surface area contributed by atoms with E-state index in [-0.39, 0.29) is 5.84 Å². The highest BCUT2D eigenvalue weighted by atomic mass is 16.5. The molecule has 0 radical (unpaired) electrons. The first-order valence-corrected chi connectivity index (χ1v) is 6.33. The molecule has 0 unspecified atom stereocenters. The minimum Gasteiger partial charge on any atom is -0.493 e. The van der Waals surface area contributed by atoms with Crippen molar-refractivity contribution >= 4 is 5.84 Å². The van der Waals surface area contributed by atoms with E-state index in [1.165, 1.54) is 7.11 Å². The van der Waals surface area contributed by atoms with Gasteiger partial charge < -0.3 is 20.4 Å². The molecule has 0 fully saturated rings. The Hall–Kier alpha value is -2.76. The highest BCUT2D eigenvalue weighted by molar-refractivity contribution is 5.97. The SMILES string of the molecule is COc1cc(/C(N)=N/O)ccc1OCc1cncc(C)c1. The molecule has 1 heterocycles. The molecular weight excluding hydrogens is 270 g/mol. The molecule has 3 N–H and O–H groups in total. The summed E-state index contributed by atoms with van der Waals surface area (Å²) in [5.74, 6) is 1.11. The minimum absolute atomic E-state index is 0.0164. The molecule has 0 aliphatic rings. The third-order valence-corrected chi connectivity index (χ3v) is 2.89. The molecule has 0 aliphatic heterocycles. The lowest BCUT2D eigenvalue weighted by Crippen LogP contribution is -2.13. The fraction of sp³-hybridized carbons (Fsp3) is 0.200. The molecule has 0 atom stereocenters. The van der Waals surface area contributed by atoms with E-state index >= 15 is 0 Å². The van der Waals surface area contributed by atoms with Gasteiger partial charge in [-0.1, -0.05) is 5.16 Å². The Bertz CT molecular complexity index is 656. The van der Waals surface area contributed by atoms with Crippen LogP contribution in [-0.2, 0) is 6.61 Å². The van der Waals surface area contributed by atoms with Crippen molar-refractivity contribution in [3.05, 3.63) is 53.3 Å². The van der Waals surface area contributed by atoms with Gasteiger partial charge in [-0.25, -0.2) is 0 Å². The number of ether oxygens (including phenoxy) is 2. The average molecular weight is 287 g/mol. The second kappa shape index (κ2) is 6.60. The maximum absolute atomic E-state index is 8.68. The van der Waals surface area contributed by atoms with Crippen LogP contribution < -0.4 is 15.2 Å². The molecule has 6 heteroatoms. The van der Waals surface area contributed by atoms with Crippen LogP contribution in [0.3, 0.4) is 0 Å². The fourth-order valence-corrected chi connectivity index (χ4v) is 1.86. The van der Waals surface area contributed by atoms with Crippen molar-refractivity contribution in [2.45, 2.75) is 13.5 Å². The molecule has 1 aromatic heterocycles. The van der Waals surface area contributed by atoms with Crippen LogP contribution in [0.15, 0.2) is 41.8 Å². The number of rotatable bonds is 5. The first-order chi connectivity index (χ1) is 10.1. The van der Waals surface area contributed by atoms with Gasteiger partial charge in [0.15, 0.2) is 17.3 Å². The lowest BCUT2D eigenvalue weighted by Gasteiger charge is -2.12. The first-order valence-electron chi connectivity index (χ1n) is 6.33. The number of nitrogens with two attached hydrogens (primary N) is 1. The minimum atomic E-state index is 0.0164. The summed E-state index contributed by atoms with van der Waals surface area (Å²) in [7, 11) is 1.53. The van der Waals surface area contributed by atoms with Crippen molar-refractivity contribution < 1.29 is 14.7 Å². The van der Waals surface area contributed by atoms with Gasteiger partial charge >= 0.3 is 0 Å². The molecule has 1 aromatic carbocycles. The van der Waals surface area contributed by atoms with Crippen molar-refractivity contribution in [3.8, 4) is 11.5 Å². The smallest absolute Gasteiger partial charge is 0.170 e. The van der Waals surface area contributed by atoms with Crippen LogP contribution in [0.2, 0.25) is 0 Å². The molecule has 2 aromatic rings. The molecule has 0 aliphatic carbocycles. The summed E-state index contributed by atoms with van der Waals surface area (Å²) in [6, 6.07) is 7.07. The van der Waals surface area contributed by atoms with Crippen molar-refractivity contribution in [2.75, 3.05) is 7.11 Å². The zero-order valence-electron chi connectivity index (χ0n) is 11.9. The predicted molar refractivity (Wildman–Crippen MR) is 78.8 cm³/mol. The van der Waals surface area contributed by atoms with E-state index in [9.17, 15) is 0 Å². The molecule has 0 amide bonds. The van der Waals surface area contributed by atoms with E-state index in [1.807, 2.05) is 13.0 Å². The zero-order valence-corrected chi connectivity index (χ0v) is 11.9. The second-order valence-electron chi connectivity index (χ2n) is 4.51. The van der Waals surface area contributed by atoms with Crippen LogP contribution in [0.4, 0.5) is 0 Å². The molecule has 110 valence electrons. The van der Waals surface area contributed by atoms with E-state index in [4.69, 9.17) is 20.4 Å². The normalized spacial score (nSPS) is 11.2. The third kappa shape index (κ3) is 3.62. The molecule has 0 saturated heterocycles. The van der Waals surface area contributed by atoms with Crippen LogP contribution in [-0.4, -0.2) is 23.1 Å². The van der Waals surface area contributed by atoms with Crippen LogP contribution in [0, 0.1) is 6.92 Å². The number of benzene rings is 1. The first kappa shape index (κ1) is 14.6. The summed E-state index contributed by atoms with van der Waals surface area (Å²) < 4.78 is 11.0. The Morgan fingerprint density at radius 3 is 2.76 bits per heavy atom. The predicted octanol–water partition coefficient (Wildman–Crippen LogP) is 2.07. The largest absolute Gasteiger partial charge is 0.493 e. The fourth-order valence-electron chi connectivity index (χ4n) is 1.86. The van der Waals surface area contributed by atoms with Crippen molar-refractivity contribution in [1.29, 1.82) is 0 Å². The van der Waals surface area contributed by atoms with Gasteiger partial charge in [-0.2, -0.15) is 0 Å². The van der Waals surface area contributed by atoms with Crippen LogP contribution in [0.1, 0.15) is 16.7 Å². The Morgan fingerprint density at radius 2 is 2.10 bits per heavy atom. The lowest BCUT2D eigenvalue weighted by atomic mass is 10.2. The summed E-state index contributed by atoms with van der Waals surface area (Å²) in [4.78, 5) is 4.12. The van der Waals surface area contributed by atoms with E-state index in [2.05, 4.69) is 10.1 Å². The Balaban J connectivity index is 2.16. The van der Waals surface area contributed by atoms with Crippen molar-refractivity contribution in [2.24, 2.45) is 10.9 Å². The maximum atomic E-state index is 8.68. The van der Waals surface area contributed by atoms with Crippen molar-refractivity contribution in [1.82, 2.24) is 4.98 Å². The van der Waals surface area contributed by atoms with E-state index < -0.39 is 0 Å². The standard InChI is InChI=1S/C15H17N3O3/c1-10-5-11(8-17-7-10)9-21-13-4-3-12(15(16)18-19)6-14(13)20-2/h3-8,19H,9H2,1-2H3,(H2,16,18). The zero-order chi connectivity index (χ0) is 15.2. The van der Waals surface area contributed by atoms with Gasteiger partial charge in [0, 0.05) is 23.5 Å².